The molecule has 10 heteroatoms. The molecule has 0 bridgehead atoms. The number of benzene rings is 3. The molecule has 0 radical (unpaired) electrons. The molecule has 0 atom stereocenters. The fourth-order valence-electron chi connectivity index (χ4n) is 4.87. The highest BCUT2D eigenvalue weighted by molar-refractivity contribution is 7.15. The van der Waals surface area contributed by atoms with Crippen LogP contribution in [0.5, 0.6) is 11.5 Å². The molecule has 0 aliphatic heterocycles. The van der Waals surface area contributed by atoms with Crippen LogP contribution in [0.2, 0.25) is 0 Å². The van der Waals surface area contributed by atoms with Crippen molar-refractivity contribution in [2.45, 2.75) is 33.1 Å². The van der Waals surface area contributed by atoms with Gasteiger partial charge >= 0.3 is 0 Å². The van der Waals surface area contributed by atoms with Crippen molar-refractivity contribution in [2.75, 3.05) is 13.7 Å². The summed E-state index contributed by atoms with van der Waals surface area (Å²) in [6, 6.07) is 23.1. The molecule has 3 heterocycles. The van der Waals surface area contributed by atoms with Crippen LogP contribution in [0.25, 0.3) is 28.0 Å². The maximum Gasteiger partial charge on any atom is 0.296 e. The first-order valence-electron chi connectivity index (χ1n) is 14.4. The van der Waals surface area contributed by atoms with Gasteiger partial charge in [-0.25, -0.2) is 4.68 Å². The van der Waals surface area contributed by atoms with Crippen molar-refractivity contribution < 1.29 is 9.47 Å². The van der Waals surface area contributed by atoms with Crippen molar-refractivity contribution in [3.63, 3.8) is 0 Å². The molecule has 6 rings (SSSR count). The number of methoxy groups -OCH3 is 1. The van der Waals surface area contributed by atoms with Crippen LogP contribution in [0.1, 0.15) is 42.1 Å². The van der Waals surface area contributed by atoms with Crippen LogP contribution in [0.15, 0.2) is 88.6 Å². The smallest absolute Gasteiger partial charge is 0.296 e. The molecule has 0 saturated heterocycles. The lowest BCUT2D eigenvalue weighted by molar-refractivity contribution is 0.309. The molecule has 0 fully saturated rings. The quantitative estimate of drug-likeness (QED) is 0.203. The van der Waals surface area contributed by atoms with Crippen molar-refractivity contribution in [3.05, 3.63) is 127 Å². The largest absolute Gasteiger partial charge is 0.497 e. The van der Waals surface area contributed by atoms with Crippen LogP contribution in [-0.2, 0) is 6.42 Å². The number of hydrogen-bond donors (Lipinski definition) is 0. The number of ether oxygens (including phenoxy) is 2. The number of rotatable bonds is 10. The number of fused-ring (bicyclic) bond motifs is 1. The van der Waals surface area contributed by atoms with Crippen LogP contribution < -0.4 is 25.1 Å². The van der Waals surface area contributed by atoms with E-state index in [4.69, 9.17) is 14.6 Å². The molecule has 222 valence electrons. The zero-order valence-corrected chi connectivity index (χ0v) is 25.5. The monoisotopic (exact) mass is 605 g/mol. The lowest BCUT2D eigenvalue weighted by atomic mass is 10.0. The summed E-state index contributed by atoms with van der Waals surface area (Å²) in [5.74, 6) is 1.53. The number of nitrogens with zero attached hydrogens (tertiary/aromatic N) is 5. The summed E-state index contributed by atoms with van der Waals surface area (Å²) < 4.78 is 14.5. The number of unbranched alkanes of at least 4 members (excludes halogenated alkanes) is 1. The first-order chi connectivity index (χ1) is 21.4. The summed E-state index contributed by atoms with van der Waals surface area (Å²) in [5.41, 5.74) is 4.55. The minimum absolute atomic E-state index is 0.198. The Morgan fingerprint density at radius 1 is 0.955 bits per heavy atom. The zero-order chi connectivity index (χ0) is 30.6. The average Bonchev–Trinajstić information content (AvgIpc) is 3.58. The SMILES string of the molecule is CCCCOc1ccc(-c2nn(-c3ccccc3)cc2C=c2sc3nc(=O)c(Cc4ccc(OC)cc4)nn3c2=O)c(C)c1. The van der Waals surface area contributed by atoms with Gasteiger partial charge in [-0.3, -0.25) is 9.59 Å². The summed E-state index contributed by atoms with van der Waals surface area (Å²) >= 11 is 1.13. The van der Waals surface area contributed by atoms with E-state index < -0.39 is 5.56 Å². The number of aryl methyl sites for hydroxylation is 1. The predicted octanol–water partition coefficient (Wildman–Crippen LogP) is 5.00. The third kappa shape index (κ3) is 6.02. The molecule has 6 aromatic rings. The Bertz CT molecular complexity index is 2100. The summed E-state index contributed by atoms with van der Waals surface area (Å²) in [6.45, 7) is 4.83. The van der Waals surface area contributed by atoms with Gasteiger partial charge in [-0.1, -0.05) is 55.0 Å². The molecule has 9 nitrogen and oxygen atoms in total. The van der Waals surface area contributed by atoms with E-state index in [0.29, 0.717) is 16.9 Å². The fourth-order valence-corrected chi connectivity index (χ4v) is 5.77. The molecule has 0 aliphatic carbocycles. The van der Waals surface area contributed by atoms with Crippen LogP contribution in [0.4, 0.5) is 0 Å². The van der Waals surface area contributed by atoms with Gasteiger partial charge < -0.3 is 9.47 Å². The minimum Gasteiger partial charge on any atom is -0.497 e. The number of thiazole rings is 1. The molecule has 44 heavy (non-hydrogen) atoms. The molecule has 3 aromatic heterocycles. The molecule has 0 spiro atoms. The van der Waals surface area contributed by atoms with Gasteiger partial charge in [-0.05, 0) is 73.0 Å². The Hall–Kier alpha value is -5.09. The van der Waals surface area contributed by atoms with Crippen molar-refractivity contribution in [2.24, 2.45) is 0 Å². The highest BCUT2D eigenvalue weighted by atomic mass is 32.1. The Morgan fingerprint density at radius 3 is 2.45 bits per heavy atom. The number of hydrogen-bond acceptors (Lipinski definition) is 8. The van der Waals surface area contributed by atoms with Gasteiger partial charge in [0.1, 0.15) is 22.9 Å². The van der Waals surface area contributed by atoms with Crippen molar-refractivity contribution >= 4 is 22.4 Å². The highest BCUT2D eigenvalue weighted by Gasteiger charge is 2.16. The van der Waals surface area contributed by atoms with E-state index in [1.807, 2.05) is 85.9 Å². The molecule has 0 amide bonds. The summed E-state index contributed by atoms with van der Waals surface area (Å²) in [6.07, 6.45) is 6.00. The second kappa shape index (κ2) is 12.6. The van der Waals surface area contributed by atoms with Crippen LogP contribution in [-0.4, -0.2) is 38.1 Å². The maximum atomic E-state index is 13.6. The van der Waals surface area contributed by atoms with Crippen LogP contribution in [0, 0.1) is 6.92 Å². The van der Waals surface area contributed by atoms with Gasteiger partial charge in [-0.2, -0.15) is 19.7 Å². The summed E-state index contributed by atoms with van der Waals surface area (Å²) in [5, 5.41) is 9.35. The topological polar surface area (TPSA) is 101 Å². The van der Waals surface area contributed by atoms with Crippen molar-refractivity contribution in [3.8, 4) is 28.4 Å². The zero-order valence-electron chi connectivity index (χ0n) is 24.7. The Kier molecular flexibility index (Phi) is 8.33. The minimum atomic E-state index is -0.455. The van der Waals surface area contributed by atoms with E-state index >= 15 is 0 Å². The lowest BCUT2D eigenvalue weighted by Crippen LogP contribution is -2.28. The van der Waals surface area contributed by atoms with Gasteiger partial charge in [-0.15, -0.1) is 0 Å². The Morgan fingerprint density at radius 2 is 1.73 bits per heavy atom. The van der Waals surface area contributed by atoms with E-state index in [1.165, 1.54) is 4.52 Å². The summed E-state index contributed by atoms with van der Waals surface area (Å²) in [7, 11) is 1.60. The second-order valence-corrected chi connectivity index (χ2v) is 11.4. The van der Waals surface area contributed by atoms with E-state index in [1.54, 1.807) is 17.9 Å². The van der Waals surface area contributed by atoms with Crippen molar-refractivity contribution in [1.29, 1.82) is 0 Å². The third-order valence-corrected chi connectivity index (χ3v) is 8.21. The van der Waals surface area contributed by atoms with Gasteiger partial charge in [0, 0.05) is 23.7 Å². The Labute approximate surface area is 257 Å². The van der Waals surface area contributed by atoms with Gasteiger partial charge in [0.2, 0.25) is 4.96 Å². The summed E-state index contributed by atoms with van der Waals surface area (Å²) in [4.78, 5) is 30.9. The Balaban J connectivity index is 1.42. The van der Waals surface area contributed by atoms with Gasteiger partial charge in [0.25, 0.3) is 11.1 Å². The molecular weight excluding hydrogens is 574 g/mol. The van der Waals surface area contributed by atoms with E-state index in [9.17, 15) is 9.59 Å². The lowest BCUT2D eigenvalue weighted by Gasteiger charge is -2.09. The van der Waals surface area contributed by atoms with E-state index in [0.717, 1.165) is 63.6 Å². The first kappa shape index (κ1) is 29.0. The van der Waals surface area contributed by atoms with Crippen LogP contribution in [0.3, 0.4) is 0 Å². The fraction of sp³-hybridized carbons (Fsp3) is 0.206. The average molecular weight is 606 g/mol. The van der Waals surface area contributed by atoms with Crippen molar-refractivity contribution in [1.82, 2.24) is 24.4 Å². The van der Waals surface area contributed by atoms with Gasteiger partial charge in [0.05, 0.1) is 23.9 Å². The van der Waals surface area contributed by atoms with Crippen LogP contribution >= 0.6 is 11.3 Å². The van der Waals surface area contributed by atoms with E-state index in [2.05, 4.69) is 17.0 Å². The number of aromatic nitrogens is 5. The standard InChI is InChI=1S/C34H31N5O4S/c1-4-5-17-43-27-15-16-28(22(2)18-27)31-24(21-38(37-31)25-9-7-6-8-10-25)20-30-33(41)39-34(44-30)35-32(40)29(36-39)19-23-11-13-26(42-3)14-12-23/h6-16,18,20-21H,4-5,17,19H2,1-3H3. The number of para-hydroxylation sites is 1. The molecule has 0 saturated carbocycles. The molecule has 3 aromatic carbocycles. The second-order valence-electron chi connectivity index (χ2n) is 10.4. The molecule has 0 unspecified atom stereocenters. The highest BCUT2D eigenvalue weighted by Crippen LogP contribution is 2.30. The maximum absolute atomic E-state index is 13.6. The predicted molar refractivity (Wildman–Crippen MR) is 172 cm³/mol. The molecule has 0 N–H and O–H groups in total. The normalized spacial score (nSPS) is 11.8. The first-order valence-corrected chi connectivity index (χ1v) is 15.2. The third-order valence-electron chi connectivity index (χ3n) is 7.25. The molecule has 0 aliphatic rings. The molecular formula is C34H31N5O4S. The van der Waals surface area contributed by atoms with Gasteiger partial charge in [0.15, 0.2) is 0 Å². The van der Waals surface area contributed by atoms with E-state index in [-0.39, 0.29) is 22.6 Å².